The molecule has 0 aliphatic heterocycles. The van der Waals surface area contributed by atoms with Crippen LogP contribution in [0.4, 0.5) is 0 Å². The number of fused-ring (bicyclic) bond motifs is 5. The van der Waals surface area contributed by atoms with Gasteiger partial charge in [0.1, 0.15) is 17.6 Å². The van der Waals surface area contributed by atoms with Crippen molar-refractivity contribution >= 4 is 18.0 Å². The molecule has 0 spiro atoms. The van der Waals surface area contributed by atoms with Crippen LogP contribution in [0.25, 0.3) is 6.08 Å². The second kappa shape index (κ2) is 9.18. The van der Waals surface area contributed by atoms with Gasteiger partial charge in [0.05, 0.1) is 7.11 Å². The molecule has 2 aromatic carbocycles. The Labute approximate surface area is 207 Å². The number of ether oxygens (including phenoxy) is 3. The maximum absolute atomic E-state index is 12.2. The zero-order chi connectivity index (χ0) is 24.7. The Bertz CT molecular complexity index is 1160. The van der Waals surface area contributed by atoms with Crippen molar-refractivity contribution in [1.82, 2.24) is 0 Å². The van der Waals surface area contributed by atoms with Gasteiger partial charge in [0.25, 0.3) is 0 Å². The SMILES string of the molecule is COc1ccc(/C=C2\CC3C4CCc5cc(OC(C)=O)ccc5C4CCC3(C)C2OC(C)=O)cc1. The van der Waals surface area contributed by atoms with E-state index in [4.69, 9.17) is 14.2 Å². The molecule has 0 bridgehead atoms. The number of carbonyl (C=O) groups excluding carboxylic acids is 2. The van der Waals surface area contributed by atoms with E-state index in [9.17, 15) is 9.59 Å². The summed E-state index contributed by atoms with van der Waals surface area (Å²) >= 11 is 0. The van der Waals surface area contributed by atoms with Gasteiger partial charge in [-0.1, -0.05) is 31.2 Å². The Balaban J connectivity index is 1.46. The Morgan fingerprint density at radius 3 is 2.43 bits per heavy atom. The van der Waals surface area contributed by atoms with Crippen molar-refractivity contribution < 1.29 is 23.8 Å². The first-order valence-electron chi connectivity index (χ1n) is 12.6. The third-order valence-corrected chi connectivity index (χ3v) is 8.54. The predicted octanol–water partition coefficient (Wildman–Crippen LogP) is 6.10. The average molecular weight is 475 g/mol. The van der Waals surface area contributed by atoms with Crippen LogP contribution in [0.2, 0.25) is 0 Å². The monoisotopic (exact) mass is 474 g/mol. The normalized spacial score (nSPS) is 30.1. The van der Waals surface area contributed by atoms with Gasteiger partial charge in [0.15, 0.2) is 0 Å². The number of methoxy groups -OCH3 is 1. The number of hydrogen-bond acceptors (Lipinski definition) is 5. The molecule has 5 unspecified atom stereocenters. The van der Waals surface area contributed by atoms with E-state index in [1.54, 1.807) is 7.11 Å². The van der Waals surface area contributed by atoms with E-state index in [0.717, 1.165) is 43.4 Å². The molecule has 5 rings (SSSR count). The maximum Gasteiger partial charge on any atom is 0.308 e. The fourth-order valence-electron chi connectivity index (χ4n) is 7.06. The highest BCUT2D eigenvalue weighted by atomic mass is 16.5. The lowest BCUT2D eigenvalue weighted by atomic mass is 9.55. The molecule has 184 valence electrons. The van der Waals surface area contributed by atoms with Gasteiger partial charge in [-0.25, -0.2) is 0 Å². The molecule has 0 amide bonds. The first kappa shape index (κ1) is 23.7. The minimum atomic E-state index is -0.286. The highest BCUT2D eigenvalue weighted by molar-refractivity contribution is 5.69. The average Bonchev–Trinajstić information content (AvgIpc) is 3.10. The standard InChI is InChI=1S/C30H34O5/c1-18(31)34-24-10-12-25-21(16-24)7-11-27-26(25)13-14-30(3)28(27)17-22(29(30)35-19(2)32)15-20-5-8-23(33-4)9-6-20/h5-6,8-10,12,15-16,26-29H,7,11,13-14,17H2,1-4H3/b22-15+. The zero-order valence-electron chi connectivity index (χ0n) is 21.0. The third kappa shape index (κ3) is 4.37. The maximum atomic E-state index is 12.2. The van der Waals surface area contributed by atoms with Crippen molar-refractivity contribution in [3.8, 4) is 11.5 Å². The zero-order valence-corrected chi connectivity index (χ0v) is 21.0. The van der Waals surface area contributed by atoms with E-state index in [0.29, 0.717) is 23.5 Å². The summed E-state index contributed by atoms with van der Waals surface area (Å²) in [5.41, 5.74) is 4.95. The van der Waals surface area contributed by atoms with Gasteiger partial charge in [-0.2, -0.15) is 0 Å². The number of esters is 2. The molecule has 2 saturated carbocycles. The van der Waals surface area contributed by atoms with Crippen molar-refractivity contribution in [2.24, 2.45) is 17.3 Å². The Morgan fingerprint density at radius 1 is 1.00 bits per heavy atom. The lowest BCUT2D eigenvalue weighted by Gasteiger charge is -2.50. The molecule has 5 atom stereocenters. The molecule has 3 aliphatic carbocycles. The van der Waals surface area contributed by atoms with Gasteiger partial charge < -0.3 is 14.2 Å². The predicted molar refractivity (Wildman–Crippen MR) is 134 cm³/mol. The Hall–Kier alpha value is -3.08. The van der Waals surface area contributed by atoms with E-state index in [-0.39, 0.29) is 23.5 Å². The smallest absolute Gasteiger partial charge is 0.308 e. The minimum Gasteiger partial charge on any atom is -0.497 e. The van der Waals surface area contributed by atoms with Crippen LogP contribution in [-0.4, -0.2) is 25.2 Å². The van der Waals surface area contributed by atoms with Crippen molar-refractivity contribution in [3.05, 3.63) is 64.7 Å². The van der Waals surface area contributed by atoms with Crippen LogP contribution < -0.4 is 9.47 Å². The number of rotatable bonds is 4. The van der Waals surface area contributed by atoms with Gasteiger partial charge in [0.2, 0.25) is 0 Å². The Kier molecular flexibility index (Phi) is 6.20. The number of benzene rings is 2. The largest absolute Gasteiger partial charge is 0.497 e. The molecule has 35 heavy (non-hydrogen) atoms. The molecule has 0 heterocycles. The van der Waals surface area contributed by atoms with E-state index in [2.05, 4.69) is 31.2 Å². The van der Waals surface area contributed by atoms with Gasteiger partial charge in [-0.3, -0.25) is 9.59 Å². The summed E-state index contributed by atoms with van der Waals surface area (Å²) in [6.45, 7) is 5.29. The molecule has 5 nitrogen and oxygen atoms in total. The van der Waals surface area contributed by atoms with Crippen LogP contribution in [0.1, 0.15) is 69.1 Å². The number of aryl methyl sites for hydroxylation is 1. The summed E-state index contributed by atoms with van der Waals surface area (Å²) in [5.74, 6) is 2.45. The summed E-state index contributed by atoms with van der Waals surface area (Å²) in [7, 11) is 1.67. The quantitative estimate of drug-likeness (QED) is 0.396. The van der Waals surface area contributed by atoms with Crippen molar-refractivity contribution in [1.29, 1.82) is 0 Å². The number of hydrogen-bond donors (Lipinski definition) is 0. The van der Waals surface area contributed by atoms with Crippen LogP contribution in [0.5, 0.6) is 11.5 Å². The molecule has 0 radical (unpaired) electrons. The lowest BCUT2D eigenvalue weighted by Crippen LogP contribution is -2.45. The van der Waals surface area contributed by atoms with Crippen LogP contribution in [-0.2, 0) is 20.7 Å². The first-order valence-corrected chi connectivity index (χ1v) is 12.6. The molecule has 0 N–H and O–H groups in total. The summed E-state index contributed by atoms with van der Waals surface area (Å²) in [6, 6.07) is 14.2. The molecule has 3 aliphatic rings. The van der Waals surface area contributed by atoms with Crippen molar-refractivity contribution in [2.45, 2.75) is 64.9 Å². The second-order valence-electron chi connectivity index (χ2n) is 10.6. The summed E-state index contributed by atoms with van der Waals surface area (Å²) < 4.78 is 16.7. The number of carbonyl (C=O) groups is 2. The summed E-state index contributed by atoms with van der Waals surface area (Å²) in [6.07, 6.45) is 7.14. The van der Waals surface area contributed by atoms with Crippen molar-refractivity contribution in [2.75, 3.05) is 7.11 Å². The van der Waals surface area contributed by atoms with Gasteiger partial charge in [-0.15, -0.1) is 0 Å². The topological polar surface area (TPSA) is 61.8 Å². The summed E-state index contributed by atoms with van der Waals surface area (Å²) in [4.78, 5) is 23.6. The molecule has 0 aromatic heterocycles. The van der Waals surface area contributed by atoms with Gasteiger partial charge in [-0.05, 0) is 96.4 Å². The summed E-state index contributed by atoms with van der Waals surface area (Å²) in [5, 5.41) is 0. The highest BCUT2D eigenvalue weighted by Crippen LogP contribution is 2.63. The Morgan fingerprint density at radius 2 is 1.74 bits per heavy atom. The van der Waals surface area contributed by atoms with Gasteiger partial charge >= 0.3 is 11.9 Å². The molecule has 2 aromatic rings. The van der Waals surface area contributed by atoms with Crippen LogP contribution in [0.15, 0.2) is 48.0 Å². The molecule has 2 fully saturated rings. The molecule has 5 heteroatoms. The second-order valence-corrected chi connectivity index (χ2v) is 10.6. The van der Waals surface area contributed by atoms with Gasteiger partial charge in [0, 0.05) is 19.3 Å². The van der Waals surface area contributed by atoms with E-state index in [1.807, 2.05) is 24.3 Å². The highest BCUT2D eigenvalue weighted by Gasteiger charge is 2.58. The molecular formula is C30H34O5. The van der Waals surface area contributed by atoms with Crippen molar-refractivity contribution in [3.63, 3.8) is 0 Å². The first-order chi connectivity index (χ1) is 16.8. The third-order valence-electron chi connectivity index (χ3n) is 8.54. The fraction of sp³-hybridized carbons (Fsp3) is 0.467. The van der Waals surface area contributed by atoms with E-state index < -0.39 is 0 Å². The van der Waals surface area contributed by atoms with E-state index in [1.165, 1.54) is 30.5 Å². The fourth-order valence-corrected chi connectivity index (χ4v) is 7.06. The van der Waals surface area contributed by atoms with Crippen LogP contribution >= 0.6 is 0 Å². The lowest BCUT2D eigenvalue weighted by molar-refractivity contribution is -0.152. The van der Waals surface area contributed by atoms with E-state index >= 15 is 0 Å². The van der Waals surface area contributed by atoms with Crippen LogP contribution in [0, 0.1) is 17.3 Å². The molecular weight excluding hydrogens is 440 g/mol. The minimum absolute atomic E-state index is 0.0691. The molecule has 0 saturated heterocycles. The van der Waals surface area contributed by atoms with Crippen LogP contribution in [0.3, 0.4) is 0 Å².